The number of aryl methyl sites for hydroxylation is 2. The van der Waals surface area contributed by atoms with Crippen molar-refractivity contribution < 1.29 is 14.3 Å². The van der Waals surface area contributed by atoms with Gasteiger partial charge in [-0.25, -0.2) is 0 Å². The molecule has 1 fully saturated rings. The molecule has 1 aromatic heterocycles. The number of hydrogen-bond donors (Lipinski definition) is 1. The molecular formula is C21H27ClN4O3S2. The summed E-state index contributed by atoms with van der Waals surface area (Å²) in [4.78, 5) is 26.5. The van der Waals surface area contributed by atoms with E-state index >= 15 is 0 Å². The van der Waals surface area contributed by atoms with E-state index in [9.17, 15) is 9.59 Å². The topological polar surface area (TPSA) is 84.4 Å². The molecule has 1 aliphatic rings. The second-order valence-corrected chi connectivity index (χ2v) is 10.5. The van der Waals surface area contributed by atoms with E-state index in [2.05, 4.69) is 21.6 Å². The first-order valence-corrected chi connectivity index (χ1v) is 12.3. The number of ether oxygens (including phenoxy) is 1. The largest absolute Gasteiger partial charge is 0.466 e. The third kappa shape index (κ3) is 6.11. The molecule has 31 heavy (non-hydrogen) atoms. The molecule has 1 amide bonds. The molecule has 1 N–H and O–H groups in total. The minimum absolute atomic E-state index is 0.0504. The van der Waals surface area contributed by atoms with Gasteiger partial charge in [0.1, 0.15) is 0 Å². The summed E-state index contributed by atoms with van der Waals surface area (Å²) in [5.41, 5.74) is 2.94. The second-order valence-electron chi connectivity index (χ2n) is 7.55. The van der Waals surface area contributed by atoms with Gasteiger partial charge in [0.15, 0.2) is 4.34 Å². The molecule has 0 spiro atoms. The fourth-order valence-electron chi connectivity index (χ4n) is 3.54. The van der Waals surface area contributed by atoms with E-state index < -0.39 is 0 Å². The van der Waals surface area contributed by atoms with E-state index in [1.807, 2.05) is 31.7 Å². The smallest absolute Gasteiger partial charge is 0.309 e. The molecule has 2 aromatic rings. The van der Waals surface area contributed by atoms with Gasteiger partial charge < -0.3 is 15.0 Å². The fraction of sp³-hybridized carbons (Fsp3) is 0.524. The van der Waals surface area contributed by atoms with Crippen LogP contribution in [0.15, 0.2) is 16.5 Å². The maximum Gasteiger partial charge on any atom is 0.309 e. The number of thioether (sulfide) groups is 1. The molecule has 0 saturated carbocycles. The van der Waals surface area contributed by atoms with Crippen molar-refractivity contribution in [3.63, 3.8) is 0 Å². The molecule has 0 unspecified atom stereocenters. The zero-order valence-corrected chi connectivity index (χ0v) is 20.5. The first-order chi connectivity index (χ1) is 14.8. The Balaban J connectivity index is 1.55. The van der Waals surface area contributed by atoms with Crippen molar-refractivity contribution in [1.82, 2.24) is 15.1 Å². The molecule has 1 aliphatic heterocycles. The van der Waals surface area contributed by atoms with Gasteiger partial charge in [0.25, 0.3) is 0 Å². The zero-order chi connectivity index (χ0) is 22.5. The van der Waals surface area contributed by atoms with Gasteiger partial charge in [-0.1, -0.05) is 40.8 Å². The quantitative estimate of drug-likeness (QED) is 0.446. The van der Waals surface area contributed by atoms with Crippen LogP contribution in [0.3, 0.4) is 0 Å². The minimum Gasteiger partial charge on any atom is -0.466 e. The van der Waals surface area contributed by atoms with Crippen molar-refractivity contribution >= 4 is 57.4 Å². The lowest BCUT2D eigenvalue weighted by Gasteiger charge is -2.32. The number of amides is 1. The lowest BCUT2D eigenvalue weighted by Crippen LogP contribution is -2.43. The van der Waals surface area contributed by atoms with Crippen LogP contribution < -0.4 is 5.32 Å². The fourth-order valence-corrected chi connectivity index (χ4v) is 5.90. The molecule has 2 heterocycles. The third-order valence-corrected chi connectivity index (χ3v) is 7.43. The predicted octanol–water partition coefficient (Wildman–Crippen LogP) is 4.83. The Morgan fingerprint density at radius 1 is 1.32 bits per heavy atom. The number of carbonyl (C=O) groups is 2. The van der Waals surface area contributed by atoms with Crippen LogP contribution in [0.25, 0.3) is 0 Å². The maximum absolute atomic E-state index is 12.8. The van der Waals surface area contributed by atoms with Crippen molar-refractivity contribution in [1.29, 1.82) is 0 Å². The van der Waals surface area contributed by atoms with Crippen LogP contribution in [0.1, 0.15) is 37.8 Å². The number of aromatic nitrogens is 2. The van der Waals surface area contributed by atoms with Crippen LogP contribution in [0.2, 0.25) is 5.02 Å². The van der Waals surface area contributed by atoms with Crippen LogP contribution in [0.5, 0.6) is 0 Å². The van der Waals surface area contributed by atoms with Crippen LogP contribution in [0, 0.1) is 19.8 Å². The number of nitrogens with zero attached hydrogens (tertiary/aromatic N) is 3. The van der Waals surface area contributed by atoms with Gasteiger partial charge in [-0.2, -0.15) is 0 Å². The number of piperidine rings is 1. The van der Waals surface area contributed by atoms with E-state index in [0.29, 0.717) is 47.0 Å². The van der Waals surface area contributed by atoms with Crippen LogP contribution in [-0.2, 0) is 14.3 Å². The van der Waals surface area contributed by atoms with Gasteiger partial charge in [-0.3, -0.25) is 9.59 Å². The van der Waals surface area contributed by atoms with E-state index in [0.717, 1.165) is 16.8 Å². The summed E-state index contributed by atoms with van der Waals surface area (Å²) in [6.45, 7) is 9.20. The van der Waals surface area contributed by atoms with E-state index in [-0.39, 0.29) is 23.0 Å². The summed E-state index contributed by atoms with van der Waals surface area (Å²) in [6, 6.07) is 3.95. The Bertz CT molecular complexity index is 921. The Morgan fingerprint density at radius 2 is 2.03 bits per heavy atom. The van der Waals surface area contributed by atoms with Crippen LogP contribution in [0.4, 0.5) is 10.8 Å². The standard InChI is InChI=1S/C21H27ClN4O3S2/c1-5-29-19(28)15-6-8-26(9-7-15)18(27)14(4)30-21-25-24-20(31-21)23-17-13(3)10-12(2)11-16(17)22/h10-11,14-15H,5-9H2,1-4H3,(H,23,24)/t14-/m0/s1. The monoisotopic (exact) mass is 482 g/mol. The number of likely N-dealkylation sites (tertiary alicyclic amines) is 1. The molecule has 1 aromatic carbocycles. The summed E-state index contributed by atoms with van der Waals surface area (Å²) in [6.07, 6.45) is 1.29. The minimum atomic E-state index is -0.287. The van der Waals surface area contributed by atoms with E-state index in [1.54, 1.807) is 6.92 Å². The molecule has 168 valence electrons. The van der Waals surface area contributed by atoms with Crippen LogP contribution in [-0.4, -0.2) is 51.9 Å². The van der Waals surface area contributed by atoms with Crippen molar-refractivity contribution in [3.05, 3.63) is 28.3 Å². The Kier molecular flexibility index (Phi) is 8.18. The molecular weight excluding hydrogens is 456 g/mol. The average Bonchev–Trinajstić information content (AvgIpc) is 3.17. The first-order valence-electron chi connectivity index (χ1n) is 10.3. The Labute approximate surface area is 195 Å². The highest BCUT2D eigenvalue weighted by Gasteiger charge is 2.30. The number of hydrogen-bond acceptors (Lipinski definition) is 8. The van der Waals surface area contributed by atoms with Crippen molar-refractivity contribution in [3.8, 4) is 0 Å². The number of nitrogens with one attached hydrogen (secondary N) is 1. The van der Waals surface area contributed by atoms with E-state index in [4.69, 9.17) is 16.3 Å². The van der Waals surface area contributed by atoms with Crippen molar-refractivity contribution in [2.75, 3.05) is 25.0 Å². The van der Waals surface area contributed by atoms with Crippen molar-refractivity contribution in [2.24, 2.45) is 5.92 Å². The average molecular weight is 483 g/mol. The third-order valence-electron chi connectivity index (χ3n) is 5.12. The van der Waals surface area contributed by atoms with Gasteiger partial charge in [0.05, 0.1) is 28.5 Å². The molecule has 10 heteroatoms. The molecule has 0 radical (unpaired) electrons. The van der Waals surface area contributed by atoms with Crippen molar-refractivity contribution in [2.45, 2.75) is 50.1 Å². The number of carbonyl (C=O) groups excluding carboxylic acids is 2. The Hall–Kier alpha value is -1.84. The SMILES string of the molecule is CCOC(=O)C1CCN(C(=O)[C@H](C)Sc2nnc(Nc3c(C)cc(C)cc3Cl)s2)CC1. The second kappa shape index (κ2) is 10.7. The molecule has 7 nitrogen and oxygen atoms in total. The first kappa shape index (κ1) is 23.8. The lowest BCUT2D eigenvalue weighted by molar-refractivity contribution is -0.151. The maximum atomic E-state index is 12.8. The normalized spacial score (nSPS) is 15.6. The van der Waals surface area contributed by atoms with Gasteiger partial charge in [-0.05, 0) is 57.7 Å². The summed E-state index contributed by atoms with van der Waals surface area (Å²) in [5.74, 6) is -0.218. The summed E-state index contributed by atoms with van der Waals surface area (Å²) >= 11 is 9.14. The number of rotatable bonds is 7. The number of esters is 1. The summed E-state index contributed by atoms with van der Waals surface area (Å²) in [5, 5.41) is 12.6. The molecule has 3 rings (SSSR count). The van der Waals surface area contributed by atoms with E-state index in [1.165, 1.54) is 23.1 Å². The van der Waals surface area contributed by atoms with Gasteiger partial charge in [0, 0.05) is 13.1 Å². The molecule has 0 bridgehead atoms. The molecule has 1 saturated heterocycles. The number of anilines is 2. The lowest BCUT2D eigenvalue weighted by atomic mass is 9.97. The number of halogens is 1. The van der Waals surface area contributed by atoms with Gasteiger partial charge >= 0.3 is 5.97 Å². The molecule has 1 atom stereocenters. The van der Waals surface area contributed by atoms with Gasteiger partial charge in [-0.15, -0.1) is 10.2 Å². The highest BCUT2D eigenvalue weighted by atomic mass is 35.5. The van der Waals surface area contributed by atoms with Gasteiger partial charge in [0.2, 0.25) is 11.0 Å². The molecule has 0 aliphatic carbocycles. The highest BCUT2D eigenvalue weighted by Crippen LogP contribution is 2.35. The van der Waals surface area contributed by atoms with Crippen LogP contribution >= 0.6 is 34.7 Å². The number of benzene rings is 1. The summed E-state index contributed by atoms with van der Waals surface area (Å²) in [7, 11) is 0. The highest BCUT2D eigenvalue weighted by molar-refractivity contribution is 8.02. The predicted molar refractivity (Wildman–Crippen MR) is 125 cm³/mol. The Morgan fingerprint density at radius 3 is 2.68 bits per heavy atom. The zero-order valence-electron chi connectivity index (χ0n) is 18.1. The summed E-state index contributed by atoms with van der Waals surface area (Å²) < 4.78 is 5.81.